The molecule has 2 aliphatic rings. The van der Waals surface area contributed by atoms with Crippen molar-refractivity contribution >= 4 is 51.0 Å². The van der Waals surface area contributed by atoms with Gasteiger partial charge in [0.05, 0.1) is 11.4 Å². The molecule has 0 saturated carbocycles. The van der Waals surface area contributed by atoms with E-state index in [4.69, 9.17) is 4.99 Å². The first-order valence-corrected chi connectivity index (χ1v) is 12.3. The molecule has 3 heterocycles. The van der Waals surface area contributed by atoms with Crippen LogP contribution in [-0.2, 0) is 11.2 Å². The quantitative estimate of drug-likeness (QED) is 0.280. The highest BCUT2D eigenvalue weighted by molar-refractivity contribution is 8.14. The second kappa shape index (κ2) is 8.69. The van der Waals surface area contributed by atoms with Gasteiger partial charge in [0.15, 0.2) is 22.4 Å². The van der Waals surface area contributed by atoms with Gasteiger partial charge in [-0.05, 0) is 42.0 Å². The lowest BCUT2D eigenvalue weighted by Crippen LogP contribution is -2.41. The Morgan fingerprint density at radius 1 is 1.03 bits per heavy atom. The summed E-state index contributed by atoms with van der Waals surface area (Å²) in [5, 5.41) is 20.7. The van der Waals surface area contributed by atoms with Gasteiger partial charge >= 0.3 is 0 Å². The molecule has 0 saturated heterocycles. The van der Waals surface area contributed by atoms with Crippen molar-refractivity contribution in [3.63, 3.8) is 0 Å². The van der Waals surface area contributed by atoms with Crippen LogP contribution in [0.1, 0.15) is 21.5 Å². The number of amidine groups is 2. The minimum Gasteiger partial charge on any atom is -0.504 e. The number of aliphatic imine (C=N–C) groups is 2. The van der Waals surface area contributed by atoms with Crippen molar-refractivity contribution < 1.29 is 19.8 Å². The molecule has 1 amide bonds. The molecule has 1 aromatic heterocycles. The molecule has 0 fully saturated rings. The zero-order valence-electron chi connectivity index (χ0n) is 18.9. The fourth-order valence-corrected chi connectivity index (χ4v) is 5.35. The molecule has 0 radical (unpaired) electrons. The second-order valence-electron chi connectivity index (χ2n) is 8.53. The van der Waals surface area contributed by atoms with Gasteiger partial charge in [-0.2, -0.15) is 0 Å². The SMILES string of the molecule is O=C(CSC1=Nc2ccccc2C2=NC(Cc3c[nH]c4ccccc34)C(=O)N12)c1ccc(O)c(O)c1. The Bertz CT molecular complexity index is 1610. The first-order valence-electron chi connectivity index (χ1n) is 11.3. The molecule has 1 unspecified atom stereocenters. The van der Waals surface area contributed by atoms with E-state index in [-0.39, 0.29) is 34.5 Å². The molecule has 0 bridgehead atoms. The van der Waals surface area contributed by atoms with Crippen molar-refractivity contribution in [3.8, 4) is 11.5 Å². The fourth-order valence-electron chi connectivity index (χ4n) is 4.45. The van der Waals surface area contributed by atoms with Crippen LogP contribution in [0.4, 0.5) is 5.69 Å². The molecule has 9 heteroatoms. The van der Waals surface area contributed by atoms with Crippen molar-refractivity contribution in [2.45, 2.75) is 12.5 Å². The number of carbonyl (C=O) groups excluding carboxylic acids is 2. The molecule has 6 rings (SSSR count). The van der Waals surface area contributed by atoms with Crippen molar-refractivity contribution in [2.75, 3.05) is 5.75 Å². The van der Waals surface area contributed by atoms with Crippen LogP contribution in [0.3, 0.4) is 0 Å². The first-order chi connectivity index (χ1) is 17.5. The second-order valence-corrected chi connectivity index (χ2v) is 9.48. The molecule has 8 nitrogen and oxygen atoms in total. The summed E-state index contributed by atoms with van der Waals surface area (Å²) >= 11 is 1.14. The molecule has 0 spiro atoms. The first kappa shape index (κ1) is 22.1. The number of carbonyl (C=O) groups is 2. The van der Waals surface area contributed by atoms with Crippen LogP contribution in [0.25, 0.3) is 10.9 Å². The molecule has 4 aromatic rings. The van der Waals surface area contributed by atoms with E-state index >= 15 is 0 Å². The summed E-state index contributed by atoms with van der Waals surface area (Å²) in [5.41, 5.74) is 3.73. The third-order valence-electron chi connectivity index (χ3n) is 6.27. The van der Waals surface area contributed by atoms with E-state index in [1.165, 1.54) is 23.1 Å². The minimum absolute atomic E-state index is 0.00457. The zero-order chi connectivity index (χ0) is 24.8. The highest BCUT2D eigenvalue weighted by Crippen LogP contribution is 2.35. The Labute approximate surface area is 210 Å². The van der Waals surface area contributed by atoms with Crippen molar-refractivity contribution in [1.82, 2.24) is 9.88 Å². The summed E-state index contributed by atoms with van der Waals surface area (Å²) in [6, 6.07) is 18.8. The number of aromatic nitrogens is 1. The van der Waals surface area contributed by atoms with Crippen molar-refractivity contribution in [1.29, 1.82) is 0 Å². The van der Waals surface area contributed by atoms with E-state index < -0.39 is 6.04 Å². The molecular weight excluding hydrogens is 476 g/mol. The van der Waals surface area contributed by atoms with Gasteiger partial charge < -0.3 is 15.2 Å². The van der Waals surface area contributed by atoms with Crippen LogP contribution < -0.4 is 0 Å². The third-order valence-corrected chi connectivity index (χ3v) is 7.20. The Morgan fingerprint density at radius 2 is 1.83 bits per heavy atom. The van der Waals surface area contributed by atoms with Crippen LogP contribution in [-0.4, -0.2) is 54.6 Å². The average molecular weight is 497 g/mol. The van der Waals surface area contributed by atoms with Crippen molar-refractivity contribution in [3.05, 3.63) is 89.6 Å². The monoisotopic (exact) mass is 496 g/mol. The number of hydrogen-bond acceptors (Lipinski definition) is 7. The largest absolute Gasteiger partial charge is 0.504 e. The molecule has 178 valence electrons. The van der Waals surface area contributed by atoms with Gasteiger partial charge in [-0.25, -0.2) is 9.89 Å². The molecular formula is C27H20N4O4S. The Balaban J connectivity index is 1.29. The van der Waals surface area contributed by atoms with Crippen molar-refractivity contribution in [2.24, 2.45) is 9.98 Å². The number of nitrogens with zero attached hydrogens (tertiary/aromatic N) is 3. The molecule has 36 heavy (non-hydrogen) atoms. The number of Topliss-reactive ketones (excluding diaryl/α,β-unsaturated/α-hetero) is 1. The van der Waals surface area contributed by atoms with Crippen LogP contribution in [0.15, 0.2) is 82.9 Å². The summed E-state index contributed by atoms with van der Waals surface area (Å²) in [6.07, 6.45) is 2.35. The highest BCUT2D eigenvalue weighted by atomic mass is 32.2. The van der Waals surface area contributed by atoms with Crippen LogP contribution >= 0.6 is 11.8 Å². The van der Waals surface area contributed by atoms with Crippen LogP contribution in [0.5, 0.6) is 11.5 Å². The summed E-state index contributed by atoms with van der Waals surface area (Å²) in [5.74, 6) is -0.581. The minimum atomic E-state index is -0.610. The molecule has 2 aliphatic heterocycles. The number of amides is 1. The number of para-hydroxylation sites is 2. The molecule has 3 aromatic carbocycles. The number of aromatic hydroxyl groups is 2. The summed E-state index contributed by atoms with van der Waals surface area (Å²) in [6.45, 7) is 0. The molecule has 1 atom stereocenters. The average Bonchev–Trinajstić information content (AvgIpc) is 3.45. The highest BCUT2D eigenvalue weighted by Gasteiger charge is 2.41. The Kier molecular flexibility index (Phi) is 5.34. The molecule has 0 aliphatic carbocycles. The lowest BCUT2D eigenvalue weighted by atomic mass is 10.1. The number of ketones is 1. The van der Waals surface area contributed by atoms with E-state index in [1.807, 2.05) is 54.7 Å². The Hall–Kier alpha value is -4.37. The molecule has 3 N–H and O–H groups in total. The number of hydrogen-bond donors (Lipinski definition) is 3. The smallest absolute Gasteiger partial charge is 0.259 e. The number of fused-ring (bicyclic) bond motifs is 4. The number of nitrogens with one attached hydrogen (secondary N) is 1. The number of benzene rings is 3. The third kappa shape index (κ3) is 3.74. The number of phenolic OH excluding ortho intramolecular Hbond substituents is 2. The number of aromatic amines is 1. The van der Waals surface area contributed by atoms with Gasteiger partial charge in [0.1, 0.15) is 11.9 Å². The number of rotatable bonds is 5. The van der Waals surface area contributed by atoms with Crippen LogP contribution in [0, 0.1) is 0 Å². The maximum Gasteiger partial charge on any atom is 0.259 e. The van der Waals surface area contributed by atoms with Gasteiger partial charge in [0.2, 0.25) is 0 Å². The lowest BCUT2D eigenvalue weighted by Gasteiger charge is -2.25. The van der Waals surface area contributed by atoms with E-state index in [9.17, 15) is 19.8 Å². The zero-order valence-corrected chi connectivity index (χ0v) is 19.7. The lowest BCUT2D eigenvalue weighted by molar-refractivity contribution is -0.124. The van der Waals surface area contributed by atoms with E-state index in [0.29, 0.717) is 23.1 Å². The van der Waals surface area contributed by atoms with Gasteiger partial charge in [0, 0.05) is 34.6 Å². The maximum atomic E-state index is 13.6. The van der Waals surface area contributed by atoms with E-state index in [1.54, 1.807) is 0 Å². The van der Waals surface area contributed by atoms with Gasteiger partial charge in [-0.15, -0.1) is 0 Å². The fraction of sp³-hybridized carbons (Fsp3) is 0.111. The number of phenols is 2. The summed E-state index contributed by atoms with van der Waals surface area (Å²) in [4.78, 5) is 40.6. The summed E-state index contributed by atoms with van der Waals surface area (Å²) < 4.78 is 0. The Morgan fingerprint density at radius 3 is 2.69 bits per heavy atom. The van der Waals surface area contributed by atoms with Gasteiger partial charge in [-0.3, -0.25) is 14.6 Å². The van der Waals surface area contributed by atoms with E-state index in [0.717, 1.165) is 33.8 Å². The number of H-pyrrole nitrogens is 1. The predicted molar refractivity (Wildman–Crippen MR) is 139 cm³/mol. The van der Waals surface area contributed by atoms with Crippen LogP contribution in [0.2, 0.25) is 0 Å². The topological polar surface area (TPSA) is 118 Å². The van der Waals surface area contributed by atoms with Gasteiger partial charge in [0.25, 0.3) is 5.91 Å². The summed E-state index contributed by atoms with van der Waals surface area (Å²) in [7, 11) is 0. The maximum absolute atomic E-state index is 13.6. The predicted octanol–water partition coefficient (Wildman–Crippen LogP) is 4.40. The standard InChI is InChI=1S/C27H20N4O4S/c32-22-10-9-15(12-23(22)33)24(34)14-36-27-30-20-8-4-2-6-18(20)25-29-21(26(35)31(25)27)11-16-13-28-19-7-3-1-5-17(16)19/h1-10,12-13,21,28,32-33H,11,14H2. The van der Waals surface area contributed by atoms with E-state index in [2.05, 4.69) is 9.98 Å². The number of thioether (sulfide) groups is 1. The normalized spacial score (nSPS) is 16.5. The van der Waals surface area contributed by atoms with Gasteiger partial charge in [-0.1, -0.05) is 42.1 Å².